The third kappa shape index (κ3) is 5.98. The van der Waals surface area contributed by atoms with Gasteiger partial charge in [0.2, 0.25) is 0 Å². The van der Waals surface area contributed by atoms with Crippen molar-refractivity contribution in [3.05, 3.63) is 93.5 Å². The second-order valence-electron chi connectivity index (χ2n) is 6.03. The molecule has 7 heteroatoms. The number of hydrogen-bond donors (Lipinski definition) is 1. The number of halogens is 2. The van der Waals surface area contributed by atoms with Gasteiger partial charge in [0.15, 0.2) is 11.5 Å². The number of nitrogens with zero attached hydrogens (tertiary/aromatic N) is 1. The Morgan fingerprint density at radius 2 is 1.62 bits per heavy atom. The average Bonchev–Trinajstić information content (AvgIpc) is 2.74. The molecule has 0 heterocycles. The predicted molar refractivity (Wildman–Crippen MR) is 115 cm³/mol. The van der Waals surface area contributed by atoms with Crippen LogP contribution in [0.4, 0.5) is 0 Å². The highest BCUT2D eigenvalue weighted by Crippen LogP contribution is 2.28. The highest BCUT2D eigenvalue weighted by Gasteiger charge is 2.07. The van der Waals surface area contributed by atoms with Crippen LogP contribution in [0.3, 0.4) is 0 Å². The van der Waals surface area contributed by atoms with E-state index in [0.717, 1.165) is 11.1 Å². The fraction of sp³-hybridized carbons (Fsp3) is 0.0909. The van der Waals surface area contributed by atoms with Gasteiger partial charge in [-0.15, -0.1) is 0 Å². The van der Waals surface area contributed by atoms with E-state index in [1.54, 1.807) is 43.5 Å². The molecule has 0 aromatic heterocycles. The fourth-order valence-electron chi connectivity index (χ4n) is 2.46. The fourth-order valence-corrected chi connectivity index (χ4v) is 2.71. The Bertz CT molecular complexity index is 1000. The summed E-state index contributed by atoms with van der Waals surface area (Å²) in [6, 6.07) is 19.4. The number of hydrazone groups is 1. The molecule has 0 atom stereocenters. The standard InChI is InChI=1S/C22H18Cl2N2O3/c1-28-21-12-16(13-25-26-22(27)17-5-9-19(24)10-6-17)4-11-20(21)29-14-15-2-7-18(23)8-3-15/h2-13H,14H2,1H3,(H,26,27)/b25-13-. The topological polar surface area (TPSA) is 59.9 Å². The van der Waals surface area contributed by atoms with Crippen molar-refractivity contribution >= 4 is 35.3 Å². The van der Waals surface area contributed by atoms with Crippen LogP contribution in [0.5, 0.6) is 11.5 Å². The Morgan fingerprint density at radius 1 is 0.966 bits per heavy atom. The monoisotopic (exact) mass is 428 g/mol. The lowest BCUT2D eigenvalue weighted by Gasteiger charge is -2.11. The van der Waals surface area contributed by atoms with Gasteiger partial charge in [0.05, 0.1) is 13.3 Å². The molecule has 0 aliphatic carbocycles. The van der Waals surface area contributed by atoms with Gasteiger partial charge < -0.3 is 9.47 Å². The normalized spacial score (nSPS) is 10.7. The maximum Gasteiger partial charge on any atom is 0.271 e. The van der Waals surface area contributed by atoms with E-state index in [1.165, 1.54) is 6.21 Å². The Kier molecular flexibility index (Phi) is 7.11. The van der Waals surface area contributed by atoms with Crippen molar-refractivity contribution in [2.75, 3.05) is 7.11 Å². The van der Waals surface area contributed by atoms with Gasteiger partial charge in [-0.3, -0.25) is 4.79 Å². The van der Waals surface area contributed by atoms with Gasteiger partial charge in [-0.1, -0.05) is 35.3 Å². The molecule has 148 valence electrons. The molecule has 0 aliphatic rings. The Hall–Kier alpha value is -3.02. The number of ether oxygens (including phenoxy) is 2. The Morgan fingerprint density at radius 3 is 2.28 bits per heavy atom. The predicted octanol–water partition coefficient (Wildman–Crippen LogP) is 5.34. The summed E-state index contributed by atoms with van der Waals surface area (Å²) in [6.45, 7) is 0.387. The first kappa shape index (κ1) is 20.7. The zero-order valence-corrected chi connectivity index (χ0v) is 17.1. The van der Waals surface area contributed by atoms with E-state index in [4.69, 9.17) is 32.7 Å². The van der Waals surface area contributed by atoms with Crippen molar-refractivity contribution in [1.82, 2.24) is 5.43 Å². The van der Waals surface area contributed by atoms with Gasteiger partial charge in [0.25, 0.3) is 5.91 Å². The molecule has 0 radical (unpaired) electrons. The molecule has 0 fully saturated rings. The summed E-state index contributed by atoms with van der Waals surface area (Å²) in [5.41, 5.74) is 4.68. The summed E-state index contributed by atoms with van der Waals surface area (Å²) in [7, 11) is 1.56. The van der Waals surface area contributed by atoms with E-state index in [0.29, 0.717) is 33.7 Å². The zero-order chi connectivity index (χ0) is 20.6. The van der Waals surface area contributed by atoms with Crippen molar-refractivity contribution in [3.8, 4) is 11.5 Å². The van der Waals surface area contributed by atoms with Crippen LogP contribution in [0.1, 0.15) is 21.5 Å². The van der Waals surface area contributed by atoms with Gasteiger partial charge in [-0.25, -0.2) is 5.43 Å². The molecule has 0 unspecified atom stereocenters. The van der Waals surface area contributed by atoms with Crippen LogP contribution in [0.25, 0.3) is 0 Å². The second-order valence-corrected chi connectivity index (χ2v) is 6.90. The molecule has 0 bridgehead atoms. The molecule has 0 spiro atoms. The third-order valence-electron chi connectivity index (χ3n) is 3.98. The van der Waals surface area contributed by atoms with E-state index in [-0.39, 0.29) is 5.91 Å². The number of carbonyl (C=O) groups is 1. The maximum absolute atomic E-state index is 12.0. The van der Waals surface area contributed by atoms with Gasteiger partial charge in [-0.05, 0) is 65.7 Å². The van der Waals surface area contributed by atoms with Gasteiger partial charge in [-0.2, -0.15) is 5.10 Å². The number of amides is 1. The number of hydrogen-bond acceptors (Lipinski definition) is 4. The number of carbonyl (C=O) groups excluding carboxylic acids is 1. The van der Waals surface area contributed by atoms with E-state index in [1.807, 2.05) is 30.3 Å². The van der Waals surface area contributed by atoms with Crippen molar-refractivity contribution in [3.63, 3.8) is 0 Å². The largest absolute Gasteiger partial charge is 0.493 e. The van der Waals surface area contributed by atoms with Crippen molar-refractivity contribution < 1.29 is 14.3 Å². The number of rotatable bonds is 7. The van der Waals surface area contributed by atoms with Crippen molar-refractivity contribution in [2.24, 2.45) is 5.10 Å². The minimum Gasteiger partial charge on any atom is -0.493 e. The van der Waals surface area contributed by atoms with Crippen LogP contribution in [-0.4, -0.2) is 19.2 Å². The SMILES string of the molecule is COc1cc(/C=N\NC(=O)c2ccc(Cl)cc2)ccc1OCc1ccc(Cl)cc1. The van der Waals surface area contributed by atoms with E-state index >= 15 is 0 Å². The van der Waals surface area contributed by atoms with Gasteiger partial charge >= 0.3 is 0 Å². The first-order chi connectivity index (χ1) is 14.0. The molecule has 0 aliphatic heterocycles. The summed E-state index contributed by atoms with van der Waals surface area (Å²) in [5.74, 6) is 0.838. The minimum atomic E-state index is -0.326. The van der Waals surface area contributed by atoms with Gasteiger partial charge in [0.1, 0.15) is 6.61 Å². The molecule has 1 N–H and O–H groups in total. The lowest BCUT2D eigenvalue weighted by molar-refractivity contribution is 0.0955. The Balaban J connectivity index is 1.61. The molecular formula is C22H18Cl2N2O3. The molecule has 3 aromatic rings. The smallest absolute Gasteiger partial charge is 0.271 e. The molecule has 3 aromatic carbocycles. The molecule has 3 rings (SSSR count). The van der Waals surface area contributed by atoms with Crippen molar-refractivity contribution in [1.29, 1.82) is 0 Å². The molecule has 5 nitrogen and oxygen atoms in total. The first-order valence-electron chi connectivity index (χ1n) is 8.69. The maximum atomic E-state index is 12.0. The molecular weight excluding hydrogens is 411 g/mol. The summed E-state index contributed by atoms with van der Waals surface area (Å²) in [5, 5.41) is 5.22. The number of nitrogens with one attached hydrogen (secondary N) is 1. The lowest BCUT2D eigenvalue weighted by atomic mass is 10.2. The molecule has 1 amide bonds. The zero-order valence-electron chi connectivity index (χ0n) is 15.6. The number of methoxy groups -OCH3 is 1. The van der Waals surface area contributed by atoms with Crippen LogP contribution in [0, 0.1) is 0 Å². The minimum absolute atomic E-state index is 0.326. The highest BCUT2D eigenvalue weighted by atomic mass is 35.5. The quantitative estimate of drug-likeness (QED) is 0.407. The van der Waals surface area contributed by atoms with Crippen LogP contribution < -0.4 is 14.9 Å². The second kappa shape index (κ2) is 9.96. The van der Waals surface area contributed by atoms with E-state index < -0.39 is 0 Å². The van der Waals surface area contributed by atoms with Crippen LogP contribution in [0.2, 0.25) is 10.0 Å². The van der Waals surface area contributed by atoms with Crippen LogP contribution >= 0.6 is 23.2 Å². The lowest BCUT2D eigenvalue weighted by Crippen LogP contribution is -2.17. The van der Waals surface area contributed by atoms with E-state index in [9.17, 15) is 4.79 Å². The summed E-state index contributed by atoms with van der Waals surface area (Å²) < 4.78 is 11.2. The van der Waals surface area contributed by atoms with Crippen LogP contribution in [0.15, 0.2) is 71.8 Å². The highest BCUT2D eigenvalue weighted by molar-refractivity contribution is 6.30. The summed E-state index contributed by atoms with van der Waals surface area (Å²) in [6.07, 6.45) is 1.53. The summed E-state index contributed by atoms with van der Waals surface area (Å²) >= 11 is 11.7. The summed E-state index contributed by atoms with van der Waals surface area (Å²) in [4.78, 5) is 12.0. The Labute approximate surface area is 178 Å². The van der Waals surface area contributed by atoms with Crippen LogP contribution in [-0.2, 0) is 6.61 Å². The molecule has 0 saturated heterocycles. The van der Waals surface area contributed by atoms with Crippen molar-refractivity contribution in [2.45, 2.75) is 6.61 Å². The van der Waals surface area contributed by atoms with E-state index in [2.05, 4.69) is 10.5 Å². The number of benzene rings is 3. The third-order valence-corrected chi connectivity index (χ3v) is 4.49. The molecule has 0 saturated carbocycles. The van der Waals surface area contributed by atoms with Gasteiger partial charge in [0, 0.05) is 15.6 Å². The average molecular weight is 429 g/mol. The first-order valence-corrected chi connectivity index (χ1v) is 9.45. The molecule has 29 heavy (non-hydrogen) atoms.